The lowest BCUT2D eigenvalue weighted by Gasteiger charge is -2.30. The predicted octanol–water partition coefficient (Wildman–Crippen LogP) is 5.03. The summed E-state index contributed by atoms with van der Waals surface area (Å²) in [5.41, 5.74) is 2.96. The molecule has 2 N–H and O–H groups in total. The molecule has 3 atom stereocenters. The fourth-order valence-corrected chi connectivity index (χ4v) is 5.11. The number of aryl methyl sites for hydroxylation is 1. The van der Waals surface area contributed by atoms with Gasteiger partial charge in [-0.1, -0.05) is 49.4 Å². The number of rotatable bonds is 10. The Kier molecular flexibility index (Phi) is 9.01. The number of ether oxygens (including phenoxy) is 2. The maximum Gasteiger partial charge on any atom is 0.325 e. The van der Waals surface area contributed by atoms with Gasteiger partial charge in [0.15, 0.2) is 0 Å². The molecule has 0 spiro atoms. The number of methoxy groups -OCH3 is 1. The number of hydrogen-bond acceptors (Lipinski definition) is 5. The third-order valence-corrected chi connectivity index (χ3v) is 7.20. The molecule has 4 amide bonds. The normalized spacial score (nSPS) is 16.6. The SMILES string of the molecule is COCCOc1ccc(C2NC(=O)N([C@H](C(=O)Nc3ccc(I)cc3C)[C@@H](C)c3ccccc3)C2=O)cc1. The molecule has 0 aromatic heterocycles. The van der Waals surface area contributed by atoms with Gasteiger partial charge in [0.25, 0.3) is 5.91 Å². The zero-order valence-corrected chi connectivity index (χ0v) is 23.6. The van der Waals surface area contributed by atoms with Gasteiger partial charge in [-0.2, -0.15) is 0 Å². The van der Waals surface area contributed by atoms with Crippen molar-refractivity contribution in [2.75, 3.05) is 25.6 Å². The predicted molar refractivity (Wildman–Crippen MR) is 153 cm³/mol. The highest BCUT2D eigenvalue weighted by Gasteiger charge is 2.47. The zero-order chi connectivity index (χ0) is 27.2. The molecule has 0 bridgehead atoms. The lowest BCUT2D eigenvalue weighted by molar-refractivity contribution is -0.134. The number of amides is 4. The Morgan fingerprint density at radius 1 is 1.05 bits per heavy atom. The first-order chi connectivity index (χ1) is 18.3. The van der Waals surface area contributed by atoms with Crippen molar-refractivity contribution in [2.45, 2.75) is 31.8 Å². The second kappa shape index (κ2) is 12.4. The first-order valence-corrected chi connectivity index (χ1v) is 13.3. The maximum atomic E-state index is 13.7. The van der Waals surface area contributed by atoms with Crippen molar-refractivity contribution < 1.29 is 23.9 Å². The average molecular weight is 627 g/mol. The van der Waals surface area contributed by atoms with Crippen LogP contribution < -0.4 is 15.4 Å². The molecule has 198 valence electrons. The van der Waals surface area contributed by atoms with E-state index in [0.29, 0.717) is 30.2 Å². The Hall–Kier alpha value is -3.44. The molecule has 1 aliphatic heterocycles. The molecule has 3 aromatic carbocycles. The Labute approximate surface area is 235 Å². The number of imide groups is 1. The number of nitrogens with one attached hydrogen (secondary N) is 2. The Morgan fingerprint density at radius 3 is 2.42 bits per heavy atom. The molecule has 1 heterocycles. The quantitative estimate of drug-likeness (QED) is 0.187. The molecule has 0 aliphatic carbocycles. The highest BCUT2D eigenvalue weighted by Crippen LogP contribution is 2.32. The fourth-order valence-electron chi connectivity index (χ4n) is 4.46. The third-order valence-electron chi connectivity index (χ3n) is 6.53. The largest absolute Gasteiger partial charge is 0.491 e. The summed E-state index contributed by atoms with van der Waals surface area (Å²) >= 11 is 2.21. The van der Waals surface area contributed by atoms with Gasteiger partial charge >= 0.3 is 6.03 Å². The minimum absolute atomic E-state index is 0.400. The third kappa shape index (κ3) is 6.16. The van der Waals surface area contributed by atoms with Gasteiger partial charge in [0.05, 0.1) is 6.61 Å². The van der Waals surface area contributed by atoms with E-state index in [1.54, 1.807) is 31.4 Å². The Balaban J connectivity index is 1.62. The minimum Gasteiger partial charge on any atom is -0.491 e. The van der Waals surface area contributed by atoms with Crippen molar-refractivity contribution in [3.8, 4) is 5.75 Å². The number of hydrogen-bond donors (Lipinski definition) is 2. The van der Waals surface area contributed by atoms with Gasteiger partial charge in [-0.3, -0.25) is 9.59 Å². The van der Waals surface area contributed by atoms with Crippen molar-refractivity contribution in [1.29, 1.82) is 0 Å². The van der Waals surface area contributed by atoms with Gasteiger partial charge in [0, 0.05) is 22.3 Å². The molecule has 38 heavy (non-hydrogen) atoms. The van der Waals surface area contributed by atoms with Crippen LogP contribution in [0.4, 0.5) is 10.5 Å². The van der Waals surface area contributed by atoms with Gasteiger partial charge < -0.3 is 20.1 Å². The number of urea groups is 1. The lowest BCUT2D eigenvalue weighted by atomic mass is 9.91. The smallest absolute Gasteiger partial charge is 0.325 e. The van der Waals surface area contributed by atoms with Crippen molar-refractivity contribution in [2.24, 2.45) is 0 Å². The first kappa shape index (κ1) is 27.6. The number of carbonyl (C=O) groups is 3. The van der Waals surface area contributed by atoms with E-state index in [1.807, 2.05) is 62.4 Å². The molecule has 1 aliphatic rings. The van der Waals surface area contributed by atoms with Crippen LogP contribution in [0.3, 0.4) is 0 Å². The monoisotopic (exact) mass is 627 g/mol. The van der Waals surface area contributed by atoms with Crippen molar-refractivity contribution in [3.63, 3.8) is 0 Å². The van der Waals surface area contributed by atoms with Crippen LogP contribution in [-0.2, 0) is 14.3 Å². The molecule has 0 radical (unpaired) electrons. The van der Waals surface area contributed by atoms with Gasteiger partial charge in [0.1, 0.15) is 24.4 Å². The Morgan fingerprint density at radius 2 is 1.76 bits per heavy atom. The van der Waals surface area contributed by atoms with Gasteiger partial charge in [0.2, 0.25) is 5.91 Å². The van der Waals surface area contributed by atoms with Crippen LogP contribution in [-0.4, -0.2) is 49.1 Å². The van der Waals surface area contributed by atoms with E-state index in [4.69, 9.17) is 9.47 Å². The van der Waals surface area contributed by atoms with Gasteiger partial charge in [-0.15, -0.1) is 0 Å². The summed E-state index contributed by atoms with van der Waals surface area (Å²) in [6.45, 7) is 4.61. The number of carbonyl (C=O) groups excluding carboxylic acids is 3. The molecule has 9 heteroatoms. The molecule has 1 unspecified atom stereocenters. The summed E-state index contributed by atoms with van der Waals surface area (Å²) in [7, 11) is 1.60. The zero-order valence-electron chi connectivity index (χ0n) is 21.4. The minimum atomic E-state index is -1.06. The van der Waals surface area contributed by atoms with E-state index in [-0.39, 0.29) is 0 Å². The molecule has 1 saturated heterocycles. The molecule has 8 nitrogen and oxygen atoms in total. The summed E-state index contributed by atoms with van der Waals surface area (Å²) < 4.78 is 11.6. The summed E-state index contributed by atoms with van der Waals surface area (Å²) in [6.07, 6.45) is 0. The second-order valence-corrected chi connectivity index (χ2v) is 10.3. The van der Waals surface area contributed by atoms with Crippen LogP contribution in [0.5, 0.6) is 5.75 Å². The summed E-state index contributed by atoms with van der Waals surface area (Å²) in [5.74, 6) is -0.741. The van der Waals surface area contributed by atoms with Crippen LogP contribution in [0, 0.1) is 10.5 Å². The maximum absolute atomic E-state index is 13.7. The number of benzene rings is 3. The van der Waals surface area contributed by atoms with E-state index in [1.165, 1.54) is 0 Å². The topological polar surface area (TPSA) is 97.0 Å². The number of anilines is 1. The van der Waals surface area contributed by atoms with E-state index in [2.05, 4.69) is 33.2 Å². The van der Waals surface area contributed by atoms with Crippen molar-refractivity contribution in [1.82, 2.24) is 10.2 Å². The van der Waals surface area contributed by atoms with Gasteiger partial charge in [-0.25, -0.2) is 9.69 Å². The van der Waals surface area contributed by atoms with Crippen LogP contribution in [0.15, 0.2) is 72.8 Å². The number of halogens is 1. The second-order valence-electron chi connectivity index (χ2n) is 9.09. The average Bonchev–Trinajstić information content (AvgIpc) is 3.20. The van der Waals surface area contributed by atoms with Crippen LogP contribution >= 0.6 is 22.6 Å². The van der Waals surface area contributed by atoms with E-state index in [9.17, 15) is 14.4 Å². The molecule has 3 aromatic rings. The van der Waals surface area contributed by atoms with Crippen LogP contribution in [0.1, 0.15) is 35.6 Å². The van der Waals surface area contributed by atoms with Gasteiger partial charge in [-0.05, 0) is 76.5 Å². The van der Waals surface area contributed by atoms with Crippen molar-refractivity contribution >= 4 is 46.1 Å². The first-order valence-electron chi connectivity index (χ1n) is 12.3. The highest BCUT2D eigenvalue weighted by atomic mass is 127. The number of nitrogens with zero attached hydrogens (tertiary/aromatic N) is 1. The van der Waals surface area contributed by atoms with E-state index < -0.39 is 35.8 Å². The summed E-state index contributed by atoms with van der Waals surface area (Å²) in [5, 5.41) is 5.71. The van der Waals surface area contributed by atoms with Crippen molar-refractivity contribution in [3.05, 3.63) is 93.1 Å². The summed E-state index contributed by atoms with van der Waals surface area (Å²) in [4.78, 5) is 41.7. The van der Waals surface area contributed by atoms with Crippen LogP contribution in [0.25, 0.3) is 0 Å². The lowest BCUT2D eigenvalue weighted by Crippen LogP contribution is -2.50. The van der Waals surface area contributed by atoms with Crippen LogP contribution in [0.2, 0.25) is 0 Å². The fraction of sp³-hybridized carbons (Fsp3) is 0.276. The molecular formula is C29H30IN3O5. The Bertz CT molecular complexity index is 1300. The molecule has 4 rings (SSSR count). The van der Waals surface area contributed by atoms with E-state index >= 15 is 0 Å². The standard InChI is InChI=1S/C29H30IN3O5/c1-18-17-22(30)11-14-24(18)31-27(34)26(19(2)20-7-5-4-6-8-20)33-28(35)25(32-29(33)36)21-9-12-23(13-10-21)38-16-15-37-3/h4-14,17,19,25-26H,15-16H2,1-3H3,(H,31,34)(H,32,36)/t19-,25?,26-/m0/s1. The highest BCUT2D eigenvalue weighted by molar-refractivity contribution is 14.1. The summed E-state index contributed by atoms with van der Waals surface area (Å²) in [6, 6.07) is 19.4. The molecule has 1 fully saturated rings. The molecule has 0 saturated carbocycles. The molecular weight excluding hydrogens is 597 g/mol. The van der Waals surface area contributed by atoms with E-state index in [0.717, 1.165) is 19.6 Å².